The maximum Gasteiger partial charge on any atom is 0.112 e. The van der Waals surface area contributed by atoms with E-state index < -0.39 is 5.60 Å². The average molecular weight is 236 g/mol. The van der Waals surface area contributed by atoms with E-state index in [1.165, 1.54) is 6.42 Å². The first kappa shape index (κ1) is 12.6. The van der Waals surface area contributed by atoms with Crippen molar-refractivity contribution in [2.75, 3.05) is 0 Å². The van der Waals surface area contributed by atoms with Crippen LogP contribution in [0.3, 0.4) is 0 Å². The fourth-order valence-corrected chi connectivity index (χ4v) is 3.26. The molecule has 1 aliphatic rings. The minimum absolute atomic E-state index is 0.118. The van der Waals surface area contributed by atoms with Gasteiger partial charge in [0.25, 0.3) is 0 Å². The van der Waals surface area contributed by atoms with Crippen molar-refractivity contribution in [1.82, 2.24) is 9.78 Å². The minimum Gasteiger partial charge on any atom is -0.383 e. The van der Waals surface area contributed by atoms with Gasteiger partial charge in [0.05, 0.1) is 5.69 Å². The Bertz CT molecular complexity index is 391. The van der Waals surface area contributed by atoms with Crippen LogP contribution >= 0.6 is 0 Å². The Balaban J connectivity index is 2.38. The summed E-state index contributed by atoms with van der Waals surface area (Å²) in [6.07, 6.45) is 6.17. The van der Waals surface area contributed by atoms with Crippen molar-refractivity contribution < 1.29 is 5.11 Å². The lowest BCUT2D eigenvalue weighted by molar-refractivity contribution is -0.0991. The molecule has 1 aromatic heterocycles. The molecule has 0 aromatic carbocycles. The van der Waals surface area contributed by atoms with Crippen LogP contribution in [0.2, 0.25) is 0 Å². The van der Waals surface area contributed by atoms with Crippen LogP contribution in [0.1, 0.15) is 52.1 Å². The highest BCUT2D eigenvalue weighted by atomic mass is 16.3. The lowest BCUT2D eigenvalue weighted by Gasteiger charge is -2.46. The van der Waals surface area contributed by atoms with Gasteiger partial charge in [-0.3, -0.25) is 4.68 Å². The van der Waals surface area contributed by atoms with E-state index in [-0.39, 0.29) is 5.41 Å². The third-order valence-electron chi connectivity index (χ3n) is 4.08. The van der Waals surface area contributed by atoms with Crippen molar-refractivity contribution in [3.8, 4) is 0 Å². The summed E-state index contributed by atoms with van der Waals surface area (Å²) in [4.78, 5) is 0. The standard InChI is InChI=1S/C14H24N2O/c1-13(2,3)11-7-5-6-9-14(11,17)12-8-10-16(4)15-12/h8,10-11,17H,5-7,9H2,1-4H3. The third-order valence-corrected chi connectivity index (χ3v) is 4.08. The first-order valence-corrected chi connectivity index (χ1v) is 6.56. The molecule has 1 aromatic rings. The predicted octanol–water partition coefficient (Wildman–Crippen LogP) is 2.84. The van der Waals surface area contributed by atoms with Crippen LogP contribution in [-0.4, -0.2) is 14.9 Å². The minimum atomic E-state index is -0.738. The summed E-state index contributed by atoms with van der Waals surface area (Å²) < 4.78 is 1.78. The van der Waals surface area contributed by atoms with Gasteiger partial charge in [-0.15, -0.1) is 0 Å². The van der Waals surface area contributed by atoms with E-state index in [0.717, 1.165) is 25.0 Å². The molecule has 2 atom stereocenters. The van der Waals surface area contributed by atoms with Crippen LogP contribution < -0.4 is 0 Å². The Labute approximate surface area is 104 Å². The van der Waals surface area contributed by atoms with Gasteiger partial charge in [-0.1, -0.05) is 33.6 Å². The summed E-state index contributed by atoms with van der Waals surface area (Å²) in [6, 6.07) is 1.96. The van der Waals surface area contributed by atoms with Gasteiger partial charge in [0.15, 0.2) is 0 Å². The second kappa shape index (κ2) is 4.13. The zero-order chi connectivity index (χ0) is 12.7. The molecular formula is C14H24N2O. The van der Waals surface area contributed by atoms with Gasteiger partial charge in [-0.05, 0) is 30.2 Å². The lowest BCUT2D eigenvalue weighted by Crippen LogP contribution is -2.44. The molecule has 1 saturated carbocycles. The molecule has 0 radical (unpaired) electrons. The van der Waals surface area contributed by atoms with E-state index in [1.807, 2.05) is 19.3 Å². The topological polar surface area (TPSA) is 38.0 Å². The first-order chi connectivity index (χ1) is 7.84. The Morgan fingerprint density at radius 3 is 2.65 bits per heavy atom. The highest BCUT2D eigenvalue weighted by Gasteiger charge is 2.47. The van der Waals surface area contributed by atoms with Crippen molar-refractivity contribution in [3.05, 3.63) is 18.0 Å². The van der Waals surface area contributed by atoms with Crippen LogP contribution in [0.4, 0.5) is 0 Å². The van der Waals surface area contributed by atoms with Crippen molar-refractivity contribution in [2.45, 2.75) is 52.1 Å². The largest absolute Gasteiger partial charge is 0.383 e. The van der Waals surface area contributed by atoms with Gasteiger partial charge in [0.2, 0.25) is 0 Å². The van der Waals surface area contributed by atoms with Crippen LogP contribution in [0, 0.1) is 11.3 Å². The van der Waals surface area contributed by atoms with Crippen LogP contribution in [-0.2, 0) is 12.6 Å². The number of aliphatic hydroxyl groups is 1. The molecule has 1 N–H and O–H groups in total. The highest BCUT2D eigenvalue weighted by Crippen LogP contribution is 2.49. The summed E-state index contributed by atoms with van der Waals surface area (Å²) >= 11 is 0. The highest BCUT2D eigenvalue weighted by molar-refractivity contribution is 5.15. The second-order valence-electron chi connectivity index (χ2n) is 6.46. The molecule has 1 fully saturated rings. The van der Waals surface area contributed by atoms with Gasteiger partial charge < -0.3 is 5.11 Å². The van der Waals surface area contributed by atoms with Crippen LogP contribution in [0.25, 0.3) is 0 Å². The fourth-order valence-electron chi connectivity index (χ4n) is 3.26. The van der Waals surface area contributed by atoms with Gasteiger partial charge in [0, 0.05) is 13.2 Å². The van der Waals surface area contributed by atoms with Crippen LogP contribution in [0.15, 0.2) is 12.3 Å². The first-order valence-electron chi connectivity index (χ1n) is 6.56. The summed E-state index contributed by atoms with van der Waals surface area (Å²) in [7, 11) is 1.90. The molecule has 1 aliphatic carbocycles. The van der Waals surface area contributed by atoms with E-state index in [1.54, 1.807) is 4.68 Å². The summed E-state index contributed by atoms with van der Waals surface area (Å²) in [6.45, 7) is 6.66. The van der Waals surface area contributed by atoms with Gasteiger partial charge in [0.1, 0.15) is 5.60 Å². The maximum absolute atomic E-state index is 11.1. The number of hydrogen-bond donors (Lipinski definition) is 1. The predicted molar refractivity (Wildman–Crippen MR) is 68.5 cm³/mol. The molecule has 1 heterocycles. The Hall–Kier alpha value is -0.830. The Morgan fingerprint density at radius 1 is 1.41 bits per heavy atom. The summed E-state index contributed by atoms with van der Waals surface area (Å²) in [5.74, 6) is 0.290. The maximum atomic E-state index is 11.1. The van der Waals surface area contributed by atoms with E-state index in [2.05, 4.69) is 25.9 Å². The molecule has 0 bridgehead atoms. The molecule has 0 saturated heterocycles. The molecule has 17 heavy (non-hydrogen) atoms. The van der Waals surface area contributed by atoms with Crippen molar-refractivity contribution >= 4 is 0 Å². The van der Waals surface area contributed by atoms with E-state index in [9.17, 15) is 5.11 Å². The molecule has 0 amide bonds. The number of nitrogens with zero attached hydrogens (tertiary/aromatic N) is 2. The molecule has 3 nitrogen and oxygen atoms in total. The van der Waals surface area contributed by atoms with Crippen LogP contribution in [0.5, 0.6) is 0 Å². The number of hydrogen-bond acceptors (Lipinski definition) is 2. The number of aromatic nitrogens is 2. The molecule has 2 rings (SSSR count). The SMILES string of the molecule is Cn1ccc(C2(O)CCCCC2C(C)(C)C)n1. The van der Waals surface area contributed by atoms with Crippen molar-refractivity contribution in [2.24, 2.45) is 18.4 Å². The number of aryl methyl sites for hydroxylation is 1. The third kappa shape index (κ3) is 2.25. The molecule has 0 spiro atoms. The van der Waals surface area contributed by atoms with Gasteiger partial charge in [-0.2, -0.15) is 5.10 Å². The zero-order valence-electron chi connectivity index (χ0n) is 11.4. The zero-order valence-corrected chi connectivity index (χ0v) is 11.4. The van der Waals surface area contributed by atoms with Gasteiger partial charge in [-0.25, -0.2) is 0 Å². The fraction of sp³-hybridized carbons (Fsp3) is 0.786. The summed E-state index contributed by atoms with van der Waals surface area (Å²) in [5, 5.41) is 15.5. The second-order valence-corrected chi connectivity index (χ2v) is 6.46. The Kier molecular flexibility index (Phi) is 3.06. The smallest absolute Gasteiger partial charge is 0.112 e. The van der Waals surface area contributed by atoms with Crippen molar-refractivity contribution in [3.63, 3.8) is 0 Å². The average Bonchev–Trinajstić information content (AvgIpc) is 2.64. The van der Waals surface area contributed by atoms with Gasteiger partial charge >= 0.3 is 0 Å². The molecule has 2 unspecified atom stereocenters. The monoisotopic (exact) mass is 236 g/mol. The summed E-state index contributed by atoms with van der Waals surface area (Å²) in [5.41, 5.74) is 0.226. The number of rotatable bonds is 1. The van der Waals surface area contributed by atoms with E-state index >= 15 is 0 Å². The van der Waals surface area contributed by atoms with E-state index in [0.29, 0.717) is 5.92 Å². The Morgan fingerprint density at radius 2 is 2.12 bits per heavy atom. The molecule has 96 valence electrons. The quantitative estimate of drug-likeness (QED) is 0.814. The van der Waals surface area contributed by atoms with E-state index in [4.69, 9.17) is 0 Å². The normalized spacial score (nSPS) is 30.5. The molecule has 3 heteroatoms. The lowest BCUT2D eigenvalue weighted by atomic mass is 9.63. The molecule has 0 aliphatic heterocycles. The molecular weight excluding hydrogens is 212 g/mol. The van der Waals surface area contributed by atoms with Crippen molar-refractivity contribution in [1.29, 1.82) is 0 Å².